The zero-order valence-electron chi connectivity index (χ0n) is 18.5. The number of nitrogens with zero attached hydrogens (tertiary/aromatic N) is 3. The highest BCUT2D eigenvalue weighted by Crippen LogP contribution is 2.35. The Morgan fingerprint density at radius 1 is 1.03 bits per heavy atom. The average Bonchev–Trinajstić information content (AvgIpc) is 3.16. The number of ether oxygens (including phenoxy) is 1. The Morgan fingerprint density at radius 3 is 2.38 bits per heavy atom. The maximum Gasteiger partial charge on any atom is 0.285 e. The number of nitrogens with one attached hydrogen (secondary N) is 1. The Kier molecular flexibility index (Phi) is 6.33. The number of para-hydroxylation sites is 1. The van der Waals surface area contributed by atoms with E-state index in [-0.39, 0.29) is 16.5 Å². The third kappa shape index (κ3) is 4.62. The summed E-state index contributed by atoms with van der Waals surface area (Å²) in [6.45, 7) is 1.29. The second-order valence-corrected chi connectivity index (χ2v) is 9.35. The van der Waals surface area contributed by atoms with Crippen molar-refractivity contribution in [2.75, 3.05) is 18.0 Å². The first-order valence-electron chi connectivity index (χ1n) is 10.3. The molecule has 0 radical (unpaired) electrons. The summed E-state index contributed by atoms with van der Waals surface area (Å²) in [7, 11) is -2.62. The number of rotatable bonds is 7. The molecular weight excluding hydrogens is 456 g/mol. The largest absolute Gasteiger partial charge is 0.497 e. The first-order chi connectivity index (χ1) is 16.3. The Bertz CT molecular complexity index is 1460. The molecule has 4 aromatic rings. The summed E-state index contributed by atoms with van der Waals surface area (Å²) in [5.41, 5.74) is 1.97. The predicted molar refractivity (Wildman–Crippen MR) is 128 cm³/mol. The number of H-pyrrole nitrogens is 1. The lowest BCUT2D eigenvalue weighted by Gasteiger charge is -2.23. The van der Waals surface area contributed by atoms with Gasteiger partial charge in [-0.05, 0) is 49.4 Å². The quantitative estimate of drug-likeness (QED) is 0.373. The van der Waals surface area contributed by atoms with Crippen LogP contribution in [0, 0.1) is 6.92 Å². The molecule has 9 nitrogen and oxygen atoms in total. The number of amides is 1. The van der Waals surface area contributed by atoms with Crippen molar-refractivity contribution in [3.8, 4) is 11.6 Å². The Balaban J connectivity index is 1.66. The number of benzene rings is 3. The van der Waals surface area contributed by atoms with Gasteiger partial charge in [-0.1, -0.05) is 35.9 Å². The highest BCUT2D eigenvalue weighted by Gasteiger charge is 2.27. The number of aromatic nitrogens is 1. The van der Waals surface area contributed by atoms with E-state index in [0.717, 1.165) is 9.87 Å². The van der Waals surface area contributed by atoms with Crippen LogP contribution in [-0.2, 0) is 14.8 Å². The minimum absolute atomic E-state index is 0.00659. The van der Waals surface area contributed by atoms with Gasteiger partial charge in [-0.3, -0.25) is 9.10 Å². The monoisotopic (exact) mass is 478 g/mol. The van der Waals surface area contributed by atoms with Gasteiger partial charge in [0, 0.05) is 5.39 Å². The molecule has 0 aliphatic rings. The van der Waals surface area contributed by atoms with Crippen LogP contribution < -0.4 is 9.04 Å². The summed E-state index contributed by atoms with van der Waals surface area (Å²) in [4.78, 5) is 15.5. The molecule has 4 rings (SSSR count). The Hall–Kier alpha value is -4.18. The molecule has 1 aromatic heterocycles. The van der Waals surface area contributed by atoms with Gasteiger partial charge in [0.05, 0.1) is 23.2 Å². The molecular formula is C24H22N4O5S. The van der Waals surface area contributed by atoms with Crippen LogP contribution in [0.1, 0.15) is 5.56 Å². The van der Waals surface area contributed by atoms with Gasteiger partial charge in [-0.2, -0.15) is 0 Å². The summed E-state index contributed by atoms with van der Waals surface area (Å²) < 4.78 is 32.9. The van der Waals surface area contributed by atoms with Crippen molar-refractivity contribution >= 4 is 38.2 Å². The summed E-state index contributed by atoms with van der Waals surface area (Å²) >= 11 is 0. The van der Waals surface area contributed by atoms with Gasteiger partial charge in [-0.25, -0.2) is 8.42 Å². The smallest absolute Gasteiger partial charge is 0.285 e. The average molecular weight is 479 g/mol. The standard InChI is InChI=1S/C24H22N4O5S/c1-16-7-9-17(10-8-16)28(34(31,32)19-13-11-18(33-2)12-14-19)15-22(29)26-27-23-20-5-3-4-6-21(20)25-24(23)30/h3-14,25,30H,15H2,1-2H3. The number of hydrogen-bond acceptors (Lipinski definition) is 6. The third-order valence-electron chi connectivity index (χ3n) is 5.17. The number of aromatic amines is 1. The van der Waals surface area contributed by atoms with Crippen molar-refractivity contribution in [3.05, 3.63) is 78.4 Å². The van der Waals surface area contributed by atoms with Crippen LogP contribution in [0.4, 0.5) is 11.4 Å². The van der Waals surface area contributed by atoms with Gasteiger partial charge in [0.15, 0.2) is 5.69 Å². The zero-order chi connectivity index (χ0) is 24.3. The van der Waals surface area contributed by atoms with Gasteiger partial charge >= 0.3 is 0 Å². The number of anilines is 1. The Labute approximate surface area is 196 Å². The van der Waals surface area contributed by atoms with E-state index in [1.165, 1.54) is 31.4 Å². The molecule has 0 atom stereocenters. The Morgan fingerprint density at radius 2 is 1.71 bits per heavy atom. The summed E-state index contributed by atoms with van der Waals surface area (Å²) in [6.07, 6.45) is 0. The topological polar surface area (TPSA) is 124 Å². The van der Waals surface area contributed by atoms with E-state index in [1.54, 1.807) is 48.5 Å². The highest BCUT2D eigenvalue weighted by molar-refractivity contribution is 7.92. The van der Waals surface area contributed by atoms with Gasteiger partial charge in [-0.15, -0.1) is 10.2 Å². The van der Waals surface area contributed by atoms with E-state index in [9.17, 15) is 18.3 Å². The van der Waals surface area contributed by atoms with Crippen molar-refractivity contribution in [2.24, 2.45) is 10.2 Å². The van der Waals surface area contributed by atoms with E-state index >= 15 is 0 Å². The molecule has 2 N–H and O–H groups in total. The first-order valence-corrected chi connectivity index (χ1v) is 11.7. The van der Waals surface area contributed by atoms with E-state index in [2.05, 4.69) is 15.2 Å². The molecule has 0 aliphatic heterocycles. The van der Waals surface area contributed by atoms with E-state index in [4.69, 9.17) is 4.74 Å². The summed E-state index contributed by atoms with van der Waals surface area (Å²) in [6, 6.07) is 19.6. The van der Waals surface area contributed by atoms with Crippen LogP contribution in [0.2, 0.25) is 0 Å². The lowest BCUT2D eigenvalue weighted by molar-refractivity contribution is -0.116. The molecule has 0 bridgehead atoms. The molecule has 1 amide bonds. The highest BCUT2D eigenvalue weighted by atomic mass is 32.2. The second-order valence-electron chi connectivity index (χ2n) is 7.48. The van der Waals surface area contributed by atoms with Crippen molar-refractivity contribution in [1.29, 1.82) is 0 Å². The fourth-order valence-corrected chi connectivity index (χ4v) is 4.79. The number of methoxy groups -OCH3 is 1. The maximum atomic E-state index is 13.4. The van der Waals surface area contributed by atoms with Crippen LogP contribution in [0.3, 0.4) is 0 Å². The molecule has 0 unspecified atom stereocenters. The number of sulfonamides is 1. The number of aryl methyl sites for hydroxylation is 1. The maximum absolute atomic E-state index is 13.4. The number of hydrogen-bond donors (Lipinski definition) is 2. The molecule has 0 aliphatic carbocycles. The number of carbonyl (C=O) groups is 1. The lowest BCUT2D eigenvalue weighted by atomic mass is 10.2. The van der Waals surface area contributed by atoms with Crippen LogP contribution >= 0.6 is 0 Å². The minimum Gasteiger partial charge on any atom is -0.497 e. The van der Waals surface area contributed by atoms with E-state index in [1.807, 2.05) is 6.92 Å². The first kappa shape index (κ1) is 23.0. The fraction of sp³-hybridized carbons (Fsp3) is 0.125. The van der Waals surface area contributed by atoms with Gasteiger partial charge in [0.2, 0.25) is 5.88 Å². The SMILES string of the molecule is COc1ccc(S(=O)(=O)N(CC(=O)N=Nc2c(O)[nH]c3ccccc23)c2ccc(C)cc2)cc1. The van der Waals surface area contributed by atoms with Crippen LogP contribution in [0.5, 0.6) is 11.6 Å². The van der Waals surface area contributed by atoms with Gasteiger partial charge in [0.1, 0.15) is 12.3 Å². The van der Waals surface area contributed by atoms with Crippen LogP contribution in [0.25, 0.3) is 10.9 Å². The molecule has 1 heterocycles. The van der Waals surface area contributed by atoms with Crippen molar-refractivity contribution in [2.45, 2.75) is 11.8 Å². The normalized spacial score (nSPS) is 11.7. The molecule has 3 aromatic carbocycles. The molecule has 0 fully saturated rings. The molecule has 10 heteroatoms. The number of fused-ring (bicyclic) bond motifs is 1. The molecule has 0 spiro atoms. The molecule has 0 saturated carbocycles. The van der Waals surface area contributed by atoms with E-state index in [0.29, 0.717) is 22.3 Å². The number of carbonyl (C=O) groups excluding carboxylic acids is 1. The summed E-state index contributed by atoms with van der Waals surface area (Å²) in [5.74, 6) is -0.536. The number of azo groups is 1. The van der Waals surface area contributed by atoms with Gasteiger partial charge < -0.3 is 14.8 Å². The fourth-order valence-electron chi connectivity index (χ4n) is 3.38. The minimum atomic E-state index is -4.10. The lowest BCUT2D eigenvalue weighted by Crippen LogP contribution is -2.35. The summed E-state index contributed by atoms with van der Waals surface area (Å²) in [5, 5.41) is 18.3. The second kappa shape index (κ2) is 9.36. The van der Waals surface area contributed by atoms with Gasteiger partial charge in [0.25, 0.3) is 15.9 Å². The zero-order valence-corrected chi connectivity index (χ0v) is 19.3. The van der Waals surface area contributed by atoms with Crippen LogP contribution in [0.15, 0.2) is 87.9 Å². The molecule has 174 valence electrons. The predicted octanol–water partition coefficient (Wildman–Crippen LogP) is 4.70. The third-order valence-corrected chi connectivity index (χ3v) is 6.96. The molecule has 0 saturated heterocycles. The van der Waals surface area contributed by atoms with E-state index < -0.39 is 22.5 Å². The van der Waals surface area contributed by atoms with Crippen molar-refractivity contribution in [3.63, 3.8) is 0 Å². The van der Waals surface area contributed by atoms with Crippen molar-refractivity contribution in [1.82, 2.24) is 4.98 Å². The molecule has 34 heavy (non-hydrogen) atoms. The van der Waals surface area contributed by atoms with Crippen LogP contribution in [-0.4, -0.2) is 38.1 Å². The number of aromatic hydroxyl groups is 1. The van der Waals surface area contributed by atoms with Crippen molar-refractivity contribution < 1.29 is 23.1 Å².